The zero-order valence-electron chi connectivity index (χ0n) is 14.2. The molecule has 4 rings (SSSR count). The summed E-state index contributed by atoms with van der Waals surface area (Å²) in [5.41, 5.74) is 0.826. The van der Waals surface area contributed by atoms with E-state index in [1.807, 2.05) is 19.3 Å². The van der Waals surface area contributed by atoms with E-state index in [0.717, 1.165) is 49.2 Å². The maximum atomic E-state index is 12.8. The number of H-pyrrole nitrogens is 1. The normalized spacial score (nSPS) is 23.2. The molecule has 4 heterocycles. The highest BCUT2D eigenvalue weighted by Crippen LogP contribution is 2.27. The van der Waals surface area contributed by atoms with Gasteiger partial charge in [-0.2, -0.15) is 5.26 Å². The van der Waals surface area contributed by atoms with Crippen molar-refractivity contribution in [1.29, 1.82) is 5.26 Å². The second kappa shape index (κ2) is 6.24. The number of hydrogen-bond donors (Lipinski definition) is 1. The van der Waals surface area contributed by atoms with Gasteiger partial charge in [0.25, 0.3) is 0 Å². The summed E-state index contributed by atoms with van der Waals surface area (Å²) in [7, 11) is 1.84. The maximum absolute atomic E-state index is 12.8. The smallest absolute Gasteiger partial charge is 0.321 e. The lowest BCUT2D eigenvalue weighted by molar-refractivity contribution is 0.152. The second-order valence-electron chi connectivity index (χ2n) is 6.70. The maximum Gasteiger partial charge on any atom is 0.321 e. The molecule has 2 aromatic heterocycles. The predicted molar refractivity (Wildman–Crippen MR) is 93.0 cm³/mol. The molecule has 0 aromatic carbocycles. The predicted octanol–water partition coefficient (Wildman–Crippen LogP) is 1.58. The van der Waals surface area contributed by atoms with Crippen LogP contribution in [0.15, 0.2) is 18.6 Å². The molecule has 2 saturated heterocycles. The Morgan fingerprint density at radius 3 is 3.12 bits per heavy atom. The van der Waals surface area contributed by atoms with Gasteiger partial charge in [0, 0.05) is 32.9 Å². The molecule has 2 fully saturated rings. The van der Waals surface area contributed by atoms with Crippen LogP contribution in [0.4, 0.5) is 10.6 Å². The fourth-order valence-electron chi connectivity index (χ4n) is 3.85. The van der Waals surface area contributed by atoms with Crippen LogP contribution >= 0.6 is 0 Å². The third kappa shape index (κ3) is 2.65. The van der Waals surface area contributed by atoms with Crippen LogP contribution in [0.25, 0.3) is 11.0 Å². The van der Waals surface area contributed by atoms with Crippen LogP contribution in [-0.2, 0) is 0 Å². The SMILES string of the molecule is CN(C(=O)N1CCC[C@@H]1C#N)[C@@H]1CCN(c2ncnc3[nH]ccc23)C1. The zero-order valence-corrected chi connectivity index (χ0v) is 14.2. The monoisotopic (exact) mass is 339 g/mol. The Hall–Kier alpha value is -2.82. The van der Waals surface area contributed by atoms with Gasteiger partial charge in [0.2, 0.25) is 0 Å². The highest BCUT2D eigenvalue weighted by molar-refractivity contribution is 5.87. The number of urea groups is 1. The first kappa shape index (κ1) is 15.7. The summed E-state index contributed by atoms with van der Waals surface area (Å²) in [6.07, 6.45) is 6.00. The van der Waals surface area contributed by atoms with Crippen molar-refractivity contribution in [1.82, 2.24) is 24.8 Å². The number of fused-ring (bicyclic) bond motifs is 1. The van der Waals surface area contributed by atoms with Crippen molar-refractivity contribution >= 4 is 22.9 Å². The zero-order chi connectivity index (χ0) is 17.4. The molecule has 130 valence electrons. The van der Waals surface area contributed by atoms with Crippen LogP contribution in [0.2, 0.25) is 0 Å². The van der Waals surface area contributed by atoms with Crippen molar-refractivity contribution in [2.45, 2.75) is 31.3 Å². The van der Waals surface area contributed by atoms with E-state index in [1.54, 1.807) is 16.1 Å². The molecule has 0 radical (unpaired) electrons. The van der Waals surface area contributed by atoms with Crippen molar-refractivity contribution in [3.05, 3.63) is 18.6 Å². The van der Waals surface area contributed by atoms with Gasteiger partial charge >= 0.3 is 6.03 Å². The largest absolute Gasteiger partial charge is 0.354 e. The molecule has 0 bridgehead atoms. The first-order valence-corrected chi connectivity index (χ1v) is 8.65. The Morgan fingerprint density at radius 1 is 1.40 bits per heavy atom. The highest BCUT2D eigenvalue weighted by atomic mass is 16.2. The Labute approximate surface area is 146 Å². The van der Waals surface area contributed by atoms with Crippen LogP contribution in [0, 0.1) is 11.3 Å². The summed E-state index contributed by atoms with van der Waals surface area (Å²) < 4.78 is 0. The van der Waals surface area contributed by atoms with Crippen molar-refractivity contribution in [3.63, 3.8) is 0 Å². The molecule has 2 atom stereocenters. The summed E-state index contributed by atoms with van der Waals surface area (Å²) in [5.74, 6) is 0.908. The van der Waals surface area contributed by atoms with Crippen LogP contribution in [0.1, 0.15) is 19.3 Å². The van der Waals surface area contributed by atoms with E-state index in [1.165, 1.54) is 0 Å². The number of rotatable bonds is 2. The molecule has 0 unspecified atom stereocenters. The summed E-state index contributed by atoms with van der Waals surface area (Å²) >= 11 is 0. The van der Waals surface area contributed by atoms with E-state index in [9.17, 15) is 10.1 Å². The molecule has 2 aliphatic heterocycles. The lowest BCUT2D eigenvalue weighted by Crippen LogP contribution is -2.48. The molecule has 25 heavy (non-hydrogen) atoms. The third-order valence-electron chi connectivity index (χ3n) is 5.29. The Kier molecular flexibility index (Phi) is 3.92. The average molecular weight is 339 g/mol. The van der Waals surface area contributed by atoms with Crippen molar-refractivity contribution in [2.24, 2.45) is 0 Å². The fourth-order valence-corrected chi connectivity index (χ4v) is 3.85. The van der Waals surface area contributed by atoms with E-state index in [4.69, 9.17) is 0 Å². The number of carbonyl (C=O) groups is 1. The first-order chi connectivity index (χ1) is 12.2. The van der Waals surface area contributed by atoms with Crippen LogP contribution in [0.3, 0.4) is 0 Å². The number of nitrogens with one attached hydrogen (secondary N) is 1. The molecule has 0 spiro atoms. The number of nitrogens with zero attached hydrogens (tertiary/aromatic N) is 6. The number of carbonyl (C=O) groups excluding carboxylic acids is 1. The van der Waals surface area contributed by atoms with Crippen LogP contribution < -0.4 is 4.90 Å². The summed E-state index contributed by atoms with van der Waals surface area (Å²) in [5, 5.41) is 10.2. The topological polar surface area (TPSA) is 92.2 Å². The Balaban J connectivity index is 1.48. The number of hydrogen-bond acceptors (Lipinski definition) is 5. The molecule has 1 N–H and O–H groups in total. The van der Waals surface area contributed by atoms with Crippen molar-refractivity contribution in [3.8, 4) is 6.07 Å². The quantitative estimate of drug-likeness (QED) is 0.897. The summed E-state index contributed by atoms with van der Waals surface area (Å²) in [4.78, 5) is 30.3. The molecule has 2 aliphatic rings. The van der Waals surface area contributed by atoms with Crippen molar-refractivity contribution < 1.29 is 4.79 Å². The molecule has 8 nitrogen and oxygen atoms in total. The van der Waals surface area contributed by atoms with Gasteiger partial charge in [0.05, 0.1) is 17.5 Å². The van der Waals surface area contributed by atoms with Gasteiger partial charge in [-0.05, 0) is 25.3 Å². The molecule has 0 aliphatic carbocycles. The first-order valence-electron chi connectivity index (χ1n) is 8.65. The third-order valence-corrected chi connectivity index (χ3v) is 5.29. The van der Waals surface area contributed by atoms with Gasteiger partial charge in [-0.15, -0.1) is 0 Å². The highest BCUT2D eigenvalue weighted by Gasteiger charge is 2.35. The number of likely N-dealkylation sites (tertiary alicyclic amines) is 1. The van der Waals surface area contributed by atoms with Gasteiger partial charge in [0.1, 0.15) is 23.8 Å². The minimum absolute atomic E-state index is 0.0367. The molecule has 8 heteroatoms. The molecule has 2 aromatic rings. The number of likely N-dealkylation sites (N-methyl/N-ethyl adjacent to an activating group) is 1. The number of anilines is 1. The van der Waals surface area contributed by atoms with Crippen molar-refractivity contribution in [2.75, 3.05) is 31.6 Å². The average Bonchev–Trinajstić information content (AvgIpc) is 3.39. The van der Waals surface area contributed by atoms with E-state index in [0.29, 0.717) is 6.54 Å². The molecule has 0 saturated carbocycles. The standard InChI is InChI=1S/C17H21N7O/c1-22(17(25)24-7-2-3-12(24)9-18)13-5-8-23(10-13)16-14-4-6-19-15(14)20-11-21-16/h4,6,11-13H,2-3,5,7-8,10H2,1H3,(H,19,20,21)/t12-,13-/m1/s1. The van der Waals surface area contributed by atoms with E-state index < -0.39 is 0 Å². The minimum atomic E-state index is -0.284. The minimum Gasteiger partial charge on any atom is -0.354 e. The lowest BCUT2D eigenvalue weighted by Gasteiger charge is -2.31. The number of aromatic nitrogens is 3. The Morgan fingerprint density at radius 2 is 2.28 bits per heavy atom. The summed E-state index contributed by atoms with van der Waals surface area (Å²) in [6, 6.07) is 4.02. The fraction of sp³-hybridized carbons (Fsp3) is 0.529. The van der Waals surface area contributed by atoms with Gasteiger partial charge in [0.15, 0.2) is 0 Å². The van der Waals surface area contributed by atoms with Gasteiger partial charge < -0.3 is 19.7 Å². The lowest BCUT2D eigenvalue weighted by atomic mass is 10.2. The van der Waals surface area contributed by atoms with E-state index in [-0.39, 0.29) is 18.1 Å². The molecular formula is C17H21N7O. The van der Waals surface area contributed by atoms with Gasteiger partial charge in [-0.3, -0.25) is 0 Å². The van der Waals surface area contributed by atoms with Gasteiger partial charge in [-0.1, -0.05) is 0 Å². The Bertz CT molecular complexity index is 826. The van der Waals surface area contributed by atoms with E-state index in [2.05, 4.69) is 25.9 Å². The number of aromatic amines is 1. The molecular weight excluding hydrogens is 318 g/mol. The van der Waals surface area contributed by atoms with Gasteiger partial charge in [-0.25, -0.2) is 14.8 Å². The van der Waals surface area contributed by atoms with E-state index >= 15 is 0 Å². The summed E-state index contributed by atoms with van der Waals surface area (Å²) in [6.45, 7) is 2.26. The number of nitriles is 1. The molecule has 2 amide bonds. The second-order valence-corrected chi connectivity index (χ2v) is 6.70. The van der Waals surface area contributed by atoms with Crippen LogP contribution in [0.5, 0.6) is 0 Å². The number of amides is 2. The van der Waals surface area contributed by atoms with Crippen LogP contribution in [-0.4, -0.2) is 69.5 Å².